The summed E-state index contributed by atoms with van der Waals surface area (Å²) in [5, 5.41) is 3.49. The van der Waals surface area contributed by atoms with E-state index in [4.69, 9.17) is 0 Å². The molecule has 2 nitrogen and oxygen atoms in total. The van der Waals surface area contributed by atoms with Gasteiger partial charge in [-0.3, -0.25) is 4.98 Å². The fourth-order valence-electron chi connectivity index (χ4n) is 1.71. The summed E-state index contributed by atoms with van der Waals surface area (Å²) in [6.07, 6.45) is 3.85. The SMILES string of the molecule is CCNC(c1cncc(C)c1)C(C)C. The first-order valence-corrected chi connectivity index (χ1v) is 5.30. The lowest BCUT2D eigenvalue weighted by Gasteiger charge is -2.22. The summed E-state index contributed by atoms with van der Waals surface area (Å²) in [6, 6.07) is 2.63. The van der Waals surface area contributed by atoms with Crippen LogP contribution in [0.25, 0.3) is 0 Å². The minimum atomic E-state index is 0.424. The van der Waals surface area contributed by atoms with Crippen LogP contribution in [0.1, 0.15) is 37.9 Å². The van der Waals surface area contributed by atoms with E-state index in [1.54, 1.807) is 0 Å². The van der Waals surface area contributed by atoms with Gasteiger partial charge in [-0.15, -0.1) is 0 Å². The van der Waals surface area contributed by atoms with Crippen molar-refractivity contribution in [1.29, 1.82) is 0 Å². The van der Waals surface area contributed by atoms with Crippen LogP contribution in [0.3, 0.4) is 0 Å². The Morgan fingerprint density at radius 1 is 1.36 bits per heavy atom. The van der Waals surface area contributed by atoms with E-state index in [1.807, 2.05) is 12.4 Å². The maximum Gasteiger partial charge on any atom is 0.0358 e. The van der Waals surface area contributed by atoms with Crippen molar-refractivity contribution in [3.8, 4) is 0 Å². The van der Waals surface area contributed by atoms with E-state index < -0.39 is 0 Å². The molecule has 0 saturated heterocycles. The zero-order valence-corrected chi connectivity index (χ0v) is 9.54. The smallest absolute Gasteiger partial charge is 0.0358 e. The van der Waals surface area contributed by atoms with Gasteiger partial charge in [0.05, 0.1) is 0 Å². The molecule has 0 fully saturated rings. The molecule has 0 aliphatic heterocycles. The van der Waals surface area contributed by atoms with Gasteiger partial charge in [-0.2, -0.15) is 0 Å². The largest absolute Gasteiger partial charge is 0.310 e. The van der Waals surface area contributed by atoms with Gasteiger partial charge in [-0.1, -0.05) is 26.8 Å². The van der Waals surface area contributed by atoms with Crippen molar-refractivity contribution >= 4 is 0 Å². The van der Waals surface area contributed by atoms with E-state index in [2.05, 4.69) is 44.1 Å². The van der Waals surface area contributed by atoms with Crippen LogP contribution in [-0.4, -0.2) is 11.5 Å². The number of pyridine rings is 1. The van der Waals surface area contributed by atoms with Crippen LogP contribution < -0.4 is 5.32 Å². The van der Waals surface area contributed by atoms with E-state index >= 15 is 0 Å². The Hall–Kier alpha value is -0.890. The van der Waals surface area contributed by atoms with Gasteiger partial charge in [0, 0.05) is 18.4 Å². The summed E-state index contributed by atoms with van der Waals surface area (Å²) in [5.74, 6) is 0.596. The second-order valence-electron chi connectivity index (χ2n) is 4.07. The number of nitrogens with zero attached hydrogens (tertiary/aromatic N) is 1. The summed E-state index contributed by atoms with van der Waals surface area (Å²) in [7, 11) is 0. The third-order valence-electron chi connectivity index (χ3n) is 2.35. The molecular weight excluding hydrogens is 172 g/mol. The summed E-state index contributed by atoms with van der Waals surface area (Å²) < 4.78 is 0. The number of aryl methyl sites for hydroxylation is 1. The first-order chi connectivity index (χ1) is 6.65. The third kappa shape index (κ3) is 2.81. The van der Waals surface area contributed by atoms with E-state index in [0.717, 1.165) is 6.54 Å². The maximum atomic E-state index is 4.23. The lowest BCUT2D eigenvalue weighted by Crippen LogP contribution is -2.25. The van der Waals surface area contributed by atoms with Crippen LogP contribution in [0.2, 0.25) is 0 Å². The van der Waals surface area contributed by atoms with Gasteiger partial charge in [0.15, 0.2) is 0 Å². The topological polar surface area (TPSA) is 24.9 Å². The second kappa shape index (κ2) is 5.11. The Balaban J connectivity index is 2.87. The highest BCUT2D eigenvalue weighted by atomic mass is 14.9. The van der Waals surface area contributed by atoms with Gasteiger partial charge >= 0.3 is 0 Å². The van der Waals surface area contributed by atoms with Crippen LogP contribution in [0.4, 0.5) is 0 Å². The third-order valence-corrected chi connectivity index (χ3v) is 2.35. The molecular formula is C12H20N2. The van der Waals surface area contributed by atoms with Gasteiger partial charge < -0.3 is 5.32 Å². The van der Waals surface area contributed by atoms with Crippen molar-refractivity contribution < 1.29 is 0 Å². The molecule has 1 aromatic rings. The van der Waals surface area contributed by atoms with Crippen LogP contribution in [-0.2, 0) is 0 Å². The molecule has 0 bridgehead atoms. The molecule has 78 valence electrons. The molecule has 0 aromatic carbocycles. The number of hydrogen-bond donors (Lipinski definition) is 1. The number of rotatable bonds is 4. The van der Waals surface area contributed by atoms with Gasteiger partial charge in [0.25, 0.3) is 0 Å². The Morgan fingerprint density at radius 2 is 2.07 bits per heavy atom. The van der Waals surface area contributed by atoms with Gasteiger partial charge in [0.1, 0.15) is 0 Å². The van der Waals surface area contributed by atoms with Gasteiger partial charge in [-0.05, 0) is 30.5 Å². The quantitative estimate of drug-likeness (QED) is 0.793. The minimum absolute atomic E-state index is 0.424. The summed E-state index contributed by atoms with van der Waals surface area (Å²) in [5.41, 5.74) is 2.52. The Labute approximate surface area is 86.8 Å². The highest BCUT2D eigenvalue weighted by Crippen LogP contribution is 2.21. The molecule has 0 amide bonds. The van der Waals surface area contributed by atoms with Crippen molar-refractivity contribution in [2.45, 2.75) is 33.7 Å². The van der Waals surface area contributed by atoms with Crippen LogP contribution in [0, 0.1) is 12.8 Å². The second-order valence-corrected chi connectivity index (χ2v) is 4.07. The highest BCUT2D eigenvalue weighted by Gasteiger charge is 2.14. The lowest BCUT2D eigenvalue weighted by molar-refractivity contribution is 0.420. The first-order valence-electron chi connectivity index (χ1n) is 5.30. The summed E-state index contributed by atoms with van der Waals surface area (Å²) >= 11 is 0. The molecule has 0 saturated carbocycles. The normalized spacial score (nSPS) is 13.2. The Morgan fingerprint density at radius 3 is 2.57 bits per heavy atom. The zero-order chi connectivity index (χ0) is 10.6. The van der Waals surface area contributed by atoms with E-state index in [0.29, 0.717) is 12.0 Å². The minimum Gasteiger partial charge on any atom is -0.310 e. The standard InChI is InChI=1S/C12H20N2/c1-5-14-12(9(2)3)11-6-10(4)7-13-8-11/h6-9,12,14H,5H2,1-4H3. The van der Waals surface area contributed by atoms with Crippen molar-refractivity contribution in [3.05, 3.63) is 29.6 Å². The molecule has 0 radical (unpaired) electrons. The number of nitrogens with one attached hydrogen (secondary N) is 1. The average Bonchev–Trinajstić information content (AvgIpc) is 2.13. The molecule has 0 spiro atoms. The first kappa shape index (κ1) is 11.2. The monoisotopic (exact) mass is 192 g/mol. The van der Waals surface area contributed by atoms with Crippen molar-refractivity contribution in [2.75, 3.05) is 6.54 Å². The van der Waals surface area contributed by atoms with Crippen LogP contribution >= 0.6 is 0 Å². The summed E-state index contributed by atoms with van der Waals surface area (Å²) in [4.78, 5) is 4.23. The average molecular weight is 192 g/mol. The molecule has 2 heteroatoms. The molecule has 1 rings (SSSR count). The highest BCUT2D eigenvalue weighted by molar-refractivity contribution is 5.20. The molecule has 1 atom stereocenters. The van der Waals surface area contributed by atoms with Gasteiger partial charge in [-0.25, -0.2) is 0 Å². The summed E-state index contributed by atoms with van der Waals surface area (Å²) in [6.45, 7) is 9.68. The van der Waals surface area contributed by atoms with Crippen LogP contribution in [0.15, 0.2) is 18.5 Å². The van der Waals surface area contributed by atoms with Crippen molar-refractivity contribution in [3.63, 3.8) is 0 Å². The lowest BCUT2D eigenvalue weighted by atomic mass is 9.96. The van der Waals surface area contributed by atoms with Crippen molar-refractivity contribution in [1.82, 2.24) is 10.3 Å². The van der Waals surface area contributed by atoms with Crippen molar-refractivity contribution in [2.24, 2.45) is 5.92 Å². The molecule has 1 aromatic heterocycles. The Kier molecular flexibility index (Phi) is 4.08. The van der Waals surface area contributed by atoms with Gasteiger partial charge in [0.2, 0.25) is 0 Å². The number of aromatic nitrogens is 1. The predicted molar refractivity (Wildman–Crippen MR) is 60.2 cm³/mol. The molecule has 0 aliphatic carbocycles. The molecule has 14 heavy (non-hydrogen) atoms. The van der Waals surface area contributed by atoms with E-state index in [-0.39, 0.29) is 0 Å². The molecule has 1 heterocycles. The molecule has 0 aliphatic rings. The predicted octanol–water partition coefficient (Wildman–Crippen LogP) is 2.70. The van der Waals surface area contributed by atoms with Crippen LogP contribution in [0.5, 0.6) is 0 Å². The number of hydrogen-bond acceptors (Lipinski definition) is 2. The Bertz CT molecular complexity index is 281. The van der Waals surface area contributed by atoms with E-state index in [9.17, 15) is 0 Å². The molecule has 1 N–H and O–H groups in total. The molecule has 1 unspecified atom stereocenters. The fourth-order valence-corrected chi connectivity index (χ4v) is 1.71. The zero-order valence-electron chi connectivity index (χ0n) is 9.54. The fraction of sp³-hybridized carbons (Fsp3) is 0.583. The van der Waals surface area contributed by atoms with E-state index in [1.165, 1.54) is 11.1 Å². The maximum absolute atomic E-state index is 4.23.